The third kappa shape index (κ3) is 3.80. The smallest absolute Gasteiger partial charge is 0.242 e. The third-order valence-electron chi connectivity index (χ3n) is 5.17. The summed E-state index contributed by atoms with van der Waals surface area (Å²) in [4.78, 5) is 15.2. The second kappa shape index (κ2) is 7.65. The molecule has 1 saturated heterocycles. The molecule has 0 radical (unpaired) electrons. The van der Waals surface area contributed by atoms with Gasteiger partial charge in [-0.15, -0.1) is 0 Å². The quantitative estimate of drug-likeness (QED) is 0.660. The van der Waals surface area contributed by atoms with E-state index in [1.165, 1.54) is 0 Å². The standard InChI is InChI=1S/C22H24N2O4S/c1-16-12-24(13-17(2)28-16)22(25)15-23-14-21(19-10-6-7-11-20(19)23)29(26,27)18-8-4-3-5-9-18/h3-11,14,16-17H,12-13,15H2,1-2H3. The van der Waals surface area contributed by atoms with Crippen LogP contribution in [0, 0.1) is 0 Å². The van der Waals surface area contributed by atoms with E-state index in [0.29, 0.717) is 18.5 Å². The van der Waals surface area contributed by atoms with Crippen molar-refractivity contribution in [2.45, 2.75) is 42.4 Å². The number of carbonyl (C=O) groups excluding carboxylic acids is 1. The largest absolute Gasteiger partial charge is 0.372 e. The molecule has 2 atom stereocenters. The summed E-state index contributed by atoms with van der Waals surface area (Å²) in [6.07, 6.45) is 1.55. The molecule has 4 rings (SSSR count). The SMILES string of the molecule is CC1CN(C(=O)Cn2cc(S(=O)(=O)c3ccccc3)c3ccccc32)CC(C)O1. The average Bonchev–Trinajstić information content (AvgIpc) is 3.07. The van der Waals surface area contributed by atoms with Gasteiger partial charge in [0.1, 0.15) is 6.54 Å². The van der Waals surface area contributed by atoms with Gasteiger partial charge in [0.15, 0.2) is 0 Å². The minimum Gasteiger partial charge on any atom is -0.372 e. The predicted octanol–water partition coefficient (Wildman–Crippen LogP) is 3.11. The first kappa shape index (κ1) is 19.7. The molecule has 1 aliphatic heterocycles. The molecular formula is C22H24N2O4S. The van der Waals surface area contributed by atoms with Crippen LogP contribution >= 0.6 is 0 Å². The maximum atomic E-state index is 13.2. The van der Waals surface area contributed by atoms with Crippen LogP contribution in [0.25, 0.3) is 10.9 Å². The normalized spacial score (nSPS) is 20.1. The van der Waals surface area contributed by atoms with E-state index in [1.54, 1.807) is 52.1 Å². The Balaban J connectivity index is 1.71. The Morgan fingerprint density at radius 1 is 1.00 bits per heavy atom. The van der Waals surface area contributed by atoms with Gasteiger partial charge >= 0.3 is 0 Å². The number of morpholine rings is 1. The summed E-state index contributed by atoms with van der Waals surface area (Å²) >= 11 is 0. The molecule has 29 heavy (non-hydrogen) atoms. The van der Waals surface area contributed by atoms with Gasteiger partial charge in [-0.2, -0.15) is 0 Å². The Hall–Kier alpha value is -2.64. The number of benzene rings is 2. The topological polar surface area (TPSA) is 68.6 Å². The van der Waals surface area contributed by atoms with Gasteiger partial charge in [-0.05, 0) is 32.0 Å². The monoisotopic (exact) mass is 412 g/mol. The van der Waals surface area contributed by atoms with Gasteiger partial charge in [-0.1, -0.05) is 36.4 Å². The first-order valence-electron chi connectivity index (χ1n) is 9.67. The molecule has 3 aromatic rings. The van der Waals surface area contributed by atoms with Crippen LogP contribution in [0.1, 0.15) is 13.8 Å². The predicted molar refractivity (Wildman–Crippen MR) is 110 cm³/mol. The maximum absolute atomic E-state index is 13.2. The Bertz CT molecular complexity index is 1130. The Labute approximate surface area is 170 Å². The molecule has 2 unspecified atom stereocenters. The summed E-state index contributed by atoms with van der Waals surface area (Å²) in [6.45, 7) is 5.07. The van der Waals surface area contributed by atoms with Gasteiger partial charge in [0, 0.05) is 30.2 Å². The van der Waals surface area contributed by atoms with Gasteiger partial charge in [0.2, 0.25) is 15.7 Å². The molecule has 0 spiro atoms. The first-order chi connectivity index (χ1) is 13.9. The third-order valence-corrected chi connectivity index (χ3v) is 6.97. The second-order valence-corrected chi connectivity index (χ2v) is 9.43. The first-order valence-corrected chi connectivity index (χ1v) is 11.2. The molecule has 1 amide bonds. The lowest BCUT2D eigenvalue weighted by Gasteiger charge is -2.35. The average molecular weight is 413 g/mol. The molecule has 1 aliphatic rings. The van der Waals surface area contributed by atoms with Crippen molar-refractivity contribution < 1.29 is 17.9 Å². The molecule has 2 aromatic carbocycles. The molecule has 152 valence electrons. The summed E-state index contributed by atoms with van der Waals surface area (Å²) < 4.78 is 33.9. The number of nitrogens with zero attached hydrogens (tertiary/aromatic N) is 2. The van der Waals surface area contributed by atoms with Crippen molar-refractivity contribution in [1.82, 2.24) is 9.47 Å². The Morgan fingerprint density at radius 2 is 1.62 bits per heavy atom. The number of aromatic nitrogens is 1. The van der Waals surface area contributed by atoms with E-state index < -0.39 is 9.84 Å². The lowest BCUT2D eigenvalue weighted by molar-refractivity contribution is -0.143. The number of fused-ring (bicyclic) bond motifs is 1. The molecular weight excluding hydrogens is 388 g/mol. The summed E-state index contributed by atoms with van der Waals surface area (Å²) in [6, 6.07) is 15.7. The van der Waals surface area contributed by atoms with Crippen LogP contribution in [-0.4, -0.2) is 49.1 Å². The number of hydrogen-bond acceptors (Lipinski definition) is 4. The van der Waals surface area contributed by atoms with Crippen LogP contribution in [-0.2, 0) is 25.9 Å². The fraction of sp³-hybridized carbons (Fsp3) is 0.318. The molecule has 2 heterocycles. The highest BCUT2D eigenvalue weighted by molar-refractivity contribution is 7.91. The minimum absolute atomic E-state index is 0.0156. The summed E-state index contributed by atoms with van der Waals surface area (Å²) in [5.74, 6) is -0.0450. The number of rotatable bonds is 4. The van der Waals surface area contributed by atoms with Gasteiger partial charge in [0.05, 0.1) is 22.0 Å². The number of sulfone groups is 1. The van der Waals surface area contributed by atoms with Crippen molar-refractivity contribution in [1.29, 1.82) is 0 Å². The zero-order chi connectivity index (χ0) is 20.6. The van der Waals surface area contributed by atoms with Crippen molar-refractivity contribution in [3.63, 3.8) is 0 Å². The number of carbonyl (C=O) groups is 1. The number of amides is 1. The van der Waals surface area contributed by atoms with E-state index in [4.69, 9.17) is 4.74 Å². The van der Waals surface area contributed by atoms with Crippen molar-refractivity contribution in [2.24, 2.45) is 0 Å². The van der Waals surface area contributed by atoms with E-state index >= 15 is 0 Å². The van der Waals surface area contributed by atoms with E-state index in [2.05, 4.69) is 0 Å². The van der Waals surface area contributed by atoms with Crippen molar-refractivity contribution in [3.8, 4) is 0 Å². The van der Waals surface area contributed by atoms with E-state index in [9.17, 15) is 13.2 Å². The zero-order valence-corrected chi connectivity index (χ0v) is 17.3. The Kier molecular flexibility index (Phi) is 5.19. The van der Waals surface area contributed by atoms with E-state index in [0.717, 1.165) is 5.52 Å². The van der Waals surface area contributed by atoms with Crippen LogP contribution in [0.15, 0.2) is 70.6 Å². The lowest BCUT2D eigenvalue weighted by atomic mass is 10.2. The Morgan fingerprint density at radius 3 is 2.31 bits per heavy atom. The van der Waals surface area contributed by atoms with Crippen molar-refractivity contribution in [2.75, 3.05) is 13.1 Å². The zero-order valence-electron chi connectivity index (χ0n) is 16.5. The lowest BCUT2D eigenvalue weighted by Crippen LogP contribution is -2.49. The van der Waals surface area contributed by atoms with Crippen LogP contribution in [0.2, 0.25) is 0 Å². The van der Waals surface area contributed by atoms with Gasteiger partial charge in [-0.3, -0.25) is 4.79 Å². The summed E-state index contributed by atoms with van der Waals surface area (Å²) in [5.41, 5.74) is 0.727. The molecule has 0 aliphatic carbocycles. The molecule has 0 N–H and O–H groups in total. The fourth-order valence-electron chi connectivity index (χ4n) is 3.91. The van der Waals surface area contributed by atoms with Crippen LogP contribution < -0.4 is 0 Å². The highest BCUT2D eigenvalue weighted by Crippen LogP contribution is 2.30. The second-order valence-electron chi connectivity index (χ2n) is 7.51. The van der Waals surface area contributed by atoms with Crippen molar-refractivity contribution in [3.05, 3.63) is 60.8 Å². The van der Waals surface area contributed by atoms with Gasteiger partial charge in [-0.25, -0.2) is 8.42 Å². The summed E-state index contributed by atoms with van der Waals surface area (Å²) in [7, 11) is -3.69. The molecule has 0 saturated carbocycles. The van der Waals surface area contributed by atoms with Crippen LogP contribution in [0.4, 0.5) is 0 Å². The molecule has 7 heteroatoms. The highest BCUT2D eigenvalue weighted by Gasteiger charge is 2.28. The number of para-hydroxylation sites is 1. The minimum atomic E-state index is -3.69. The number of ether oxygens (including phenoxy) is 1. The molecule has 1 fully saturated rings. The molecule has 6 nitrogen and oxygen atoms in total. The molecule has 1 aromatic heterocycles. The van der Waals surface area contributed by atoms with E-state index in [-0.39, 0.29) is 34.5 Å². The van der Waals surface area contributed by atoms with E-state index in [1.807, 2.05) is 32.0 Å². The van der Waals surface area contributed by atoms with Crippen LogP contribution in [0.5, 0.6) is 0 Å². The van der Waals surface area contributed by atoms with Crippen molar-refractivity contribution >= 4 is 26.6 Å². The summed E-state index contributed by atoms with van der Waals surface area (Å²) in [5, 5.41) is 0.618. The van der Waals surface area contributed by atoms with Crippen LogP contribution in [0.3, 0.4) is 0 Å². The maximum Gasteiger partial charge on any atom is 0.242 e. The molecule has 0 bridgehead atoms. The van der Waals surface area contributed by atoms with Gasteiger partial charge < -0.3 is 14.2 Å². The fourth-order valence-corrected chi connectivity index (χ4v) is 5.41. The van der Waals surface area contributed by atoms with Gasteiger partial charge in [0.25, 0.3) is 0 Å². The number of hydrogen-bond donors (Lipinski definition) is 0. The highest BCUT2D eigenvalue weighted by atomic mass is 32.2.